The molecule has 4 heteroatoms. The molecule has 0 spiro atoms. The zero-order valence-electron chi connectivity index (χ0n) is 12.4. The van der Waals surface area contributed by atoms with Gasteiger partial charge in [0.05, 0.1) is 17.3 Å². The van der Waals surface area contributed by atoms with E-state index in [1.54, 1.807) is 0 Å². The molecule has 0 saturated heterocycles. The predicted molar refractivity (Wildman–Crippen MR) is 86.8 cm³/mol. The molecule has 3 nitrogen and oxygen atoms in total. The molecule has 0 aliphatic carbocycles. The normalized spacial score (nSPS) is 10.4. The van der Waals surface area contributed by atoms with Crippen molar-refractivity contribution in [1.82, 2.24) is 4.98 Å². The average Bonchev–Trinajstić information content (AvgIpc) is 2.40. The van der Waals surface area contributed by atoms with Crippen LogP contribution >= 0.6 is 11.6 Å². The summed E-state index contributed by atoms with van der Waals surface area (Å²) in [6, 6.07) is 10.3. The first-order valence-corrected chi connectivity index (χ1v) is 7.00. The molecule has 0 saturated carbocycles. The number of halogens is 1. The first kappa shape index (κ1) is 14.7. The fourth-order valence-electron chi connectivity index (χ4n) is 2.22. The van der Waals surface area contributed by atoms with E-state index in [1.165, 1.54) is 16.8 Å². The second-order valence-corrected chi connectivity index (χ2v) is 5.48. The lowest BCUT2D eigenvalue weighted by Gasteiger charge is -2.21. The smallest absolute Gasteiger partial charge is 0.126 e. The Balaban J connectivity index is 2.24. The highest BCUT2D eigenvalue weighted by molar-refractivity contribution is 6.31. The van der Waals surface area contributed by atoms with Crippen LogP contribution in [0.3, 0.4) is 0 Å². The molecule has 2 aromatic rings. The van der Waals surface area contributed by atoms with Crippen LogP contribution in [0.4, 0.5) is 11.5 Å². The summed E-state index contributed by atoms with van der Waals surface area (Å²) < 4.78 is 0. The molecule has 0 amide bonds. The Hall–Kier alpha value is -1.74. The first-order valence-electron chi connectivity index (χ1n) is 6.62. The molecule has 0 atom stereocenters. The van der Waals surface area contributed by atoms with Crippen molar-refractivity contribution in [2.45, 2.75) is 20.4 Å². The Kier molecular flexibility index (Phi) is 4.50. The zero-order chi connectivity index (χ0) is 14.7. The van der Waals surface area contributed by atoms with E-state index >= 15 is 0 Å². The largest absolute Gasteiger partial charge is 0.373 e. The number of nitrogens with zero attached hydrogens (tertiary/aromatic N) is 2. The summed E-state index contributed by atoms with van der Waals surface area (Å²) >= 11 is 6.23. The maximum atomic E-state index is 6.23. The molecule has 0 aliphatic heterocycles. The van der Waals surface area contributed by atoms with Crippen LogP contribution in [0.25, 0.3) is 0 Å². The number of aromatic nitrogens is 1. The van der Waals surface area contributed by atoms with Gasteiger partial charge in [-0.2, -0.15) is 0 Å². The summed E-state index contributed by atoms with van der Waals surface area (Å²) in [5.74, 6) is 0.832. The Labute approximate surface area is 125 Å². The van der Waals surface area contributed by atoms with Crippen LogP contribution in [0.15, 0.2) is 30.3 Å². The molecule has 1 aromatic carbocycles. The molecule has 1 aromatic heterocycles. The van der Waals surface area contributed by atoms with E-state index in [0.717, 1.165) is 11.5 Å². The van der Waals surface area contributed by atoms with Gasteiger partial charge < -0.3 is 10.2 Å². The van der Waals surface area contributed by atoms with E-state index in [4.69, 9.17) is 11.6 Å². The quantitative estimate of drug-likeness (QED) is 0.921. The maximum Gasteiger partial charge on any atom is 0.126 e. The second-order valence-electron chi connectivity index (χ2n) is 5.08. The third-order valence-corrected chi connectivity index (χ3v) is 3.55. The lowest BCUT2D eigenvalue weighted by atomic mass is 10.1. The molecular formula is C16H20ClN3. The first-order chi connectivity index (χ1) is 9.49. The van der Waals surface area contributed by atoms with Crippen LogP contribution < -0.4 is 10.2 Å². The van der Waals surface area contributed by atoms with Gasteiger partial charge in [0.15, 0.2) is 0 Å². The van der Waals surface area contributed by atoms with Gasteiger partial charge in [-0.25, -0.2) is 4.98 Å². The number of benzene rings is 1. The number of aryl methyl sites for hydroxylation is 2. The standard InChI is InChI=1S/C16H20ClN3/c1-11-7-12(2)9-13(8-11)20(4)10-15-14(17)5-6-16(18-3)19-15/h5-9H,10H2,1-4H3,(H,18,19). The highest BCUT2D eigenvalue weighted by Gasteiger charge is 2.09. The van der Waals surface area contributed by atoms with Gasteiger partial charge in [0.25, 0.3) is 0 Å². The van der Waals surface area contributed by atoms with Gasteiger partial charge in [0, 0.05) is 19.8 Å². The van der Waals surface area contributed by atoms with E-state index < -0.39 is 0 Å². The average molecular weight is 290 g/mol. The number of hydrogen-bond donors (Lipinski definition) is 1. The summed E-state index contributed by atoms with van der Waals surface area (Å²) in [4.78, 5) is 6.68. The minimum atomic E-state index is 0.678. The fourth-order valence-corrected chi connectivity index (χ4v) is 2.39. The van der Waals surface area contributed by atoms with Crippen LogP contribution in [-0.4, -0.2) is 19.1 Å². The van der Waals surface area contributed by atoms with Crippen LogP contribution in [0.2, 0.25) is 5.02 Å². The third kappa shape index (κ3) is 3.42. The maximum absolute atomic E-state index is 6.23. The molecule has 0 radical (unpaired) electrons. The summed E-state index contributed by atoms with van der Waals surface area (Å²) in [6.45, 7) is 4.89. The molecule has 0 aliphatic rings. The topological polar surface area (TPSA) is 28.2 Å². The van der Waals surface area contributed by atoms with Crippen LogP contribution in [0, 0.1) is 13.8 Å². The van der Waals surface area contributed by atoms with Crippen molar-refractivity contribution < 1.29 is 0 Å². The van der Waals surface area contributed by atoms with E-state index in [9.17, 15) is 0 Å². The van der Waals surface area contributed by atoms with Crippen molar-refractivity contribution in [3.8, 4) is 0 Å². The number of hydrogen-bond acceptors (Lipinski definition) is 3. The van der Waals surface area contributed by atoms with Crippen molar-refractivity contribution in [2.24, 2.45) is 0 Å². The Morgan fingerprint density at radius 3 is 2.40 bits per heavy atom. The summed E-state index contributed by atoms with van der Waals surface area (Å²) in [5, 5.41) is 3.73. The zero-order valence-corrected chi connectivity index (χ0v) is 13.1. The molecule has 0 unspecified atom stereocenters. The molecule has 0 fully saturated rings. The van der Waals surface area contributed by atoms with E-state index in [-0.39, 0.29) is 0 Å². The van der Waals surface area contributed by atoms with Crippen molar-refractivity contribution in [3.63, 3.8) is 0 Å². The molecular weight excluding hydrogens is 270 g/mol. The SMILES string of the molecule is CNc1ccc(Cl)c(CN(C)c2cc(C)cc(C)c2)n1. The van der Waals surface area contributed by atoms with Gasteiger partial charge in [-0.05, 0) is 49.2 Å². The van der Waals surface area contributed by atoms with Gasteiger partial charge in [0.2, 0.25) is 0 Å². The summed E-state index contributed by atoms with van der Waals surface area (Å²) in [6.07, 6.45) is 0. The van der Waals surface area contributed by atoms with Gasteiger partial charge in [-0.1, -0.05) is 17.7 Å². The molecule has 0 bridgehead atoms. The minimum absolute atomic E-state index is 0.678. The Morgan fingerprint density at radius 2 is 1.80 bits per heavy atom. The highest BCUT2D eigenvalue weighted by Crippen LogP contribution is 2.22. The molecule has 1 heterocycles. The molecule has 2 rings (SSSR count). The number of anilines is 2. The number of rotatable bonds is 4. The summed E-state index contributed by atoms with van der Waals surface area (Å²) in [5.41, 5.74) is 4.57. The van der Waals surface area contributed by atoms with Crippen molar-refractivity contribution in [2.75, 3.05) is 24.3 Å². The van der Waals surface area contributed by atoms with E-state index in [1.807, 2.05) is 19.2 Å². The van der Waals surface area contributed by atoms with Crippen LogP contribution in [-0.2, 0) is 6.54 Å². The van der Waals surface area contributed by atoms with Gasteiger partial charge >= 0.3 is 0 Å². The lowest BCUT2D eigenvalue weighted by molar-refractivity contribution is 0.885. The molecule has 106 valence electrons. The fraction of sp³-hybridized carbons (Fsp3) is 0.312. The summed E-state index contributed by atoms with van der Waals surface area (Å²) in [7, 11) is 3.91. The van der Waals surface area contributed by atoms with E-state index in [2.05, 4.69) is 54.3 Å². The van der Waals surface area contributed by atoms with Crippen molar-refractivity contribution in [1.29, 1.82) is 0 Å². The van der Waals surface area contributed by atoms with Crippen molar-refractivity contribution in [3.05, 3.63) is 52.2 Å². The predicted octanol–water partition coefficient (Wildman–Crippen LogP) is 4.03. The molecule has 1 N–H and O–H groups in total. The minimum Gasteiger partial charge on any atom is -0.373 e. The highest BCUT2D eigenvalue weighted by atomic mass is 35.5. The number of nitrogens with one attached hydrogen (secondary N) is 1. The van der Waals surface area contributed by atoms with Crippen LogP contribution in [0.5, 0.6) is 0 Å². The Bertz CT molecular complexity index is 590. The number of pyridine rings is 1. The van der Waals surface area contributed by atoms with Gasteiger partial charge in [-0.15, -0.1) is 0 Å². The second kappa shape index (κ2) is 6.14. The van der Waals surface area contributed by atoms with E-state index in [0.29, 0.717) is 11.6 Å². The monoisotopic (exact) mass is 289 g/mol. The van der Waals surface area contributed by atoms with Crippen LogP contribution in [0.1, 0.15) is 16.8 Å². The van der Waals surface area contributed by atoms with Gasteiger partial charge in [-0.3, -0.25) is 0 Å². The van der Waals surface area contributed by atoms with Gasteiger partial charge in [0.1, 0.15) is 5.82 Å². The lowest BCUT2D eigenvalue weighted by Crippen LogP contribution is -2.18. The molecule has 20 heavy (non-hydrogen) atoms. The van der Waals surface area contributed by atoms with Crippen molar-refractivity contribution >= 4 is 23.1 Å². The third-order valence-electron chi connectivity index (χ3n) is 3.21. The Morgan fingerprint density at radius 1 is 1.15 bits per heavy atom.